The zero-order chi connectivity index (χ0) is 19.9. The lowest BCUT2D eigenvalue weighted by molar-refractivity contribution is 0.102. The summed E-state index contributed by atoms with van der Waals surface area (Å²) < 4.78 is 32.5. The molecule has 28 heavy (non-hydrogen) atoms. The van der Waals surface area contributed by atoms with Gasteiger partial charge in [0.2, 0.25) is 0 Å². The Balaban J connectivity index is 1.47. The van der Waals surface area contributed by atoms with Crippen LogP contribution in [0.25, 0.3) is 11.5 Å². The molecule has 0 aliphatic carbocycles. The standard InChI is InChI=1S/C16H18N6O4S2/c1-21(2)28(24,25)22-6-5-10-14(9-22)27-16(17-10)18-15(23)12-8-11(19-20-12)13-4-3-7-26-13/h3-4,7-8H,5-6,9H2,1-2H3,(H,19,20)(H,17,18,23). The number of carbonyl (C=O) groups is 1. The first-order chi connectivity index (χ1) is 13.3. The number of thiazole rings is 1. The highest BCUT2D eigenvalue weighted by molar-refractivity contribution is 7.86. The molecule has 12 heteroatoms. The molecule has 4 heterocycles. The highest BCUT2D eigenvalue weighted by atomic mass is 32.2. The molecule has 0 bridgehead atoms. The third kappa shape index (κ3) is 3.46. The number of nitrogens with one attached hydrogen (secondary N) is 2. The Labute approximate surface area is 165 Å². The van der Waals surface area contributed by atoms with Crippen molar-refractivity contribution in [2.24, 2.45) is 0 Å². The van der Waals surface area contributed by atoms with E-state index in [1.54, 1.807) is 18.2 Å². The lowest BCUT2D eigenvalue weighted by atomic mass is 10.2. The van der Waals surface area contributed by atoms with Crippen LogP contribution >= 0.6 is 11.3 Å². The Morgan fingerprint density at radius 1 is 1.43 bits per heavy atom. The fourth-order valence-corrected chi connectivity index (χ4v) is 4.99. The Bertz CT molecular complexity index is 1100. The Morgan fingerprint density at radius 2 is 2.25 bits per heavy atom. The van der Waals surface area contributed by atoms with Gasteiger partial charge >= 0.3 is 0 Å². The second kappa shape index (κ2) is 7.13. The predicted molar refractivity (Wildman–Crippen MR) is 103 cm³/mol. The van der Waals surface area contributed by atoms with Crippen molar-refractivity contribution >= 4 is 32.6 Å². The molecule has 1 aliphatic rings. The number of carbonyl (C=O) groups excluding carboxylic acids is 1. The molecule has 0 aromatic carbocycles. The fraction of sp³-hybridized carbons (Fsp3) is 0.312. The van der Waals surface area contributed by atoms with E-state index in [0.29, 0.717) is 29.6 Å². The van der Waals surface area contributed by atoms with Crippen molar-refractivity contribution < 1.29 is 17.6 Å². The van der Waals surface area contributed by atoms with Gasteiger partial charge in [-0.3, -0.25) is 15.2 Å². The van der Waals surface area contributed by atoms with Gasteiger partial charge in [-0.25, -0.2) is 4.98 Å². The zero-order valence-corrected chi connectivity index (χ0v) is 16.8. The number of hydrogen-bond acceptors (Lipinski definition) is 7. The summed E-state index contributed by atoms with van der Waals surface area (Å²) >= 11 is 1.27. The number of amides is 1. The minimum Gasteiger partial charge on any atom is -0.463 e. The third-order valence-corrected chi connectivity index (χ3v) is 7.19. The van der Waals surface area contributed by atoms with Gasteiger partial charge in [0, 0.05) is 38.0 Å². The largest absolute Gasteiger partial charge is 0.463 e. The van der Waals surface area contributed by atoms with Crippen molar-refractivity contribution in [3.8, 4) is 11.5 Å². The number of anilines is 1. The van der Waals surface area contributed by atoms with Crippen molar-refractivity contribution in [2.75, 3.05) is 26.0 Å². The first-order valence-electron chi connectivity index (χ1n) is 8.41. The van der Waals surface area contributed by atoms with E-state index in [1.165, 1.54) is 40.3 Å². The SMILES string of the molecule is CN(C)S(=O)(=O)N1CCc2nc(NC(=O)c3cc(-c4ccco4)[nH]n3)sc2C1. The Morgan fingerprint density at radius 3 is 2.96 bits per heavy atom. The summed E-state index contributed by atoms with van der Waals surface area (Å²) in [6.45, 7) is 0.602. The Kier molecular flexibility index (Phi) is 4.79. The fourth-order valence-electron chi connectivity index (χ4n) is 2.81. The van der Waals surface area contributed by atoms with Gasteiger partial charge in [0.15, 0.2) is 16.6 Å². The number of nitrogens with zero attached hydrogens (tertiary/aromatic N) is 4. The monoisotopic (exact) mass is 422 g/mol. The zero-order valence-electron chi connectivity index (χ0n) is 15.2. The molecule has 3 aromatic rings. The maximum atomic E-state index is 12.5. The van der Waals surface area contributed by atoms with Crippen LogP contribution in [0, 0.1) is 0 Å². The highest BCUT2D eigenvalue weighted by Crippen LogP contribution is 2.30. The van der Waals surface area contributed by atoms with E-state index in [0.717, 1.165) is 10.6 Å². The second-order valence-corrected chi connectivity index (χ2v) is 9.59. The predicted octanol–water partition coefficient (Wildman–Crippen LogP) is 1.54. The quantitative estimate of drug-likeness (QED) is 0.643. The molecule has 148 valence electrons. The average Bonchev–Trinajstić information content (AvgIpc) is 3.39. The summed E-state index contributed by atoms with van der Waals surface area (Å²) in [6, 6.07) is 5.10. The number of aromatic nitrogens is 3. The molecule has 1 aliphatic heterocycles. The van der Waals surface area contributed by atoms with Crippen LogP contribution in [0.3, 0.4) is 0 Å². The lowest BCUT2D eigenvalue weighted by Gasteiger charge is -2.27. The molecule has 10 nitrogen and oxygen atoms in total. The normalized spacial score (nSPS) is 15.0. The van der Waals surface area contributed by atoms with E-state index >= 15 is 0 Å². The molecule has 0 radical (unpaired) electrons. The smallest absolute Gasteiger partial charge is 0.281 e. The topological polar surface area (TPSA) is 124 Å². The van der Waals surface area contributed by atoms with Gasteiger partial charge in [0.05, 0.1) is 18.5 Å². The molecule has 0 atom stereocenters. The minimum absolute atomic E-state index is 0.205. The van der Waals surface area contributed by atoms with Crippen molar-refractivity contribution in [1.82, 2.24) is 23.8 Å². The molecule has 0 saturated carbocycles. The summed E-state index contributed by atoms with van der Waals surface area (Å²) in [6.07, 6.45) is 2.04. The van der Waals surface area contributed by atoms with E-state index in [-0.39, 0.29) is 12.2 Å². The van der Waals surface area contributed by atoms with E-state index in [1.807, 2.05) is 0 Å². The second-order valence-electron chi connectivity index (χ2n) is 6.36. The summed E-state index contributed by atoms with van der Waals surface area (Å²) in [5.41, 5.74) is 1.61. The Hall–Kier alpha value is -2.54. The van der Waals surface area contributed by atoms with Crippen LogP contribution in [0.15, 0.2) is 28.9 Å². The number of fused-ring (bicyclic) bond motifs is 1. The summed E-state index contributed by atoms with van der Waals surface area (Å²) in [4.78, 5) is 17.7. The molecule has 0 fully saturated rings. The number of furan rings is 1. The molecule has 4 rings (SSSR count). The van der Waals surface area contributed by atoms with Crippen LogP contribution in [-0.4, -0.2) is 58.8 Å². The van der Waals surface area contributed by atoms with Gasteiger partial charge in [-0.1, -0.05) is 0 Å². The number of H-pyrrole nitrogens is 1. The summed E-state index contributed by atoms with van der Waals surface area (Å²) in [7, 11) is -0.475. The van der Waals surface area contributed by atoms with Gasteiger partial charge < -0.3 is 4.42 Å². The van der Waals surface area contributed by atoms with Gasteiger partial charge in [-0.15, -0.1) is 11.3 Å². The van der Waals surface area contributed by atoms with Crippen LogP contribution in [0.2, 0.25) is 0 Å². The average molecular weight is 422 g/mol. The van der Waals surface area contributed by atoms with Crippen molar-refractivity contribution in [3.05, 3.63) is 40.7 Å². The van der Waals surface area contributed by atoms with Gasteiger partial charge in [0.1, 0.15) is 5.69 Å². The van der Waals surface area contributed by atoms with Crippen LogP contribution in [0.4, 0.5) is 5.13 Å². The highest BCUT2D eigenvalue weighted by Gasteiger charge is 2.30. The van der Waals surface area contributed by atoms with Crippen molar-refractivity contribution in [1.29, 1.82) is 0 Å². The molecule has 0 spiro atoms. The number of aromatic amines is 1. The van der Waals surface area contributed by atoms with Crippen LogP contribution in [0.1, 0.15) is 21.1 Å². The first-order valence-corrected chi connectivity index (χ1v) is 10.6. The maximum absolute atomic E-state index is 12.5. The molecule has 0 unspecified atom stereocenters. The minimum atomic E-state index is -3.48. The maximum Gasteiger partial charge on any atom is 0.281 e. The van der Waals surface area contributed by atoms with Crippen molar-refractivity contribution in [3.63, 3.8) is 0 Å². The van der Waals surface area contributed by atoms with Crippen molar-refractivity contribution in [2.45, 2.75) is 13.0 Å². The van der Waals surface area contributed by atoms with E-state index in [4.69, 9.17) is 4.42 Å². The summed E-state index contributed by atoms with van der Waals surface area (Å²) in [5.74, 6) is 0.177. The van der Waals surface area contributed by atoms with Crippen LogP contribution < -0.4 is 5.32 Å². The molecular weight excluding hydrogens is 404 g/mol. The lowest BCUT2D eigenvalue weighted by Crippen LogP contribution is -2.42. The summed E-state index contributed by atoms with van der Waals surface area (Å²) in [5, 5.41) is 9.90. The van der Waals surface area contributed by atoms with Crippen LogP contribution in [0.5, 0.6) is 0 Å². The van der Waals surface area contributed by atoms with Crippen LogP contribution in [-0.2, 0) is 23.2 Å². The number of rotatable bonds is 5. The third-order valence-electron chi connectivity index (χ3n) is 4.30. The van der Waals surface area contributed by atoms with Gasteiger partial charge in [0.25, 0.3) is 16.1 Å². The molecule has 1 amide bonds. The van der Waals surface area contributed by atoms with E-state index in [9.17, 15) is 13.2 Å². The number of hydrogen-bond donors (Lipinski definition) is 2. The molecular formula is C16H18N6O4S2. The first kappa shape index (κ1) is 18.8. The van der Waals surface area contributed by atoms with Gasteiger partial charge in [-0.2, -0.15) is 22.1 Å². The molecule has 2 N–H and O–H groups in total. The van der Waals surface area contributed by atoms with E-state index in [2.05, 4.69) is 20.5 Å². The van der Waals surface area contributed by atoms with E-state index < -0.39 is 16.1 Å². The van der Waals surface area contributed by atoms with Gasteiger partial charge in [-0.05, 0) is 12.1 Å². The molecule has 0 saturated heterocycles. The molecule has 3 aromatic heterocycles.